The largest absolute Gasteiger partial charge is 0.377 e. The van der Waals surface area contributed by atoms with Gasteiger partial charge < -0.3 is 9.26 Å². The number of methoxy groups -OCH3 is 1. The molecule has 2 heterocycles. The molecule has 1 aromatic carbocycles. The van der Waals surface area contributed by atoms with E-state index in [1.807, 2.05) is 0 Å². The van der Waals surface area contributed by atoms with Gasteiger partial charge in [0.15, 0.2) is 5.76 Å². The quantitative estimate of drug-likeness (QED) is 0.801. The summed E-state index contributed by atoms with van der Waals surface area (Å²) >= 11 is 0. The maximum Gasteiger partial charge on any atom is 0.299 e. The number of hydrogen-bond acceptors (Lipinski definition) is 5. The number of nitrogens with zero attached hydrogens (tertiary/aromatic N) is 2. The summed E-state index contributed by atoms with van der Waals surface area (Å²) in [6.45, 7) is 0.205. The molecule has 0 bridgehead atoms. The van der Waals surface area contributed by atoms with Gasteiger partial charge in [0.25, 0.3) is 11.7 Å². The van der Waals surface area contributed by atoms with Gasteiger partial charge in [-0.3, -0.25) is 14.5 Å². The fourth-order valence-electron chi connectivity index (χ4n) is 2.27. The Kier molecular flexibility index (Phi) is 3.26. The third-order valence-corrected chi connectivity index (χ3v) is 3.16. The predicted octanol–water partition coefficient (Wildman–Crippen LogP) is 1.69. The summed E-state index contributed by atoms with van der Waals surface area (Å²) in [6.07, 6.45) is 0. The van der Waals surface area contributed by atoms with E-state index in [-0.39, 0.29) is 24.4 Å². The highest BCUT2D eigenvalue weighted by atomic mass is 19.1. The molecule has 1 aromatic heterocycles. The van der Waals surface area contributed by atoms with Crippen molar-refractivity contribution in [2.24, 2.45) is 0 Å². The number of amides is 1. The highest BCUT2D eigenvalue weighted by Crippen LogP contribution is 2.32. The number of fused-ring (bicyclic) bond motifs is 1. The van der Waals surface area contributed by atoms with Crippen molar-refractivity contribution in [3.8, 4) is 0 Å². The van der Waals surface area contributed by atoms with Crippen molar-refractivity contribution in [3.63, 3.8) is 0 Å². The average molecular weight is 290 g/mol. The molecule has 0 aliphatic carbocycles. The third-order valence-electron chi connectivity index (χ3n) is 3.16. The maximum absolute atomic E-state index is 13.9. The molecule has 0 fully saturated rings. The Morgan fingerprint density at radius 1 is 1.38 bits per heavy atom. The van der Waals surface area contributed by atoms with Crippen molar-refractivity contribution >= 4 is 17.4 Å². The highest BCUT2D eigenvalue weighted by Gasteiger charge is 2.38. The summed E-state index contributed by atoms with van der Waals surface area (Å²) in [5.41, 5.74) is 0.476. The lowest BCUT2D eigenvalue weighted by atomic mass is 10.1. The molecule has 7 heteroatoms. The first-order chi connectivity index (χ1) is 10.1. The zero-order valence-corrected chi connectivity index (χ0v) is 11.1. The van der Waals surface area contributed by atoms with Crippen LogP contribution in [0.1, 0.15) is 21.8 Å². The Hall–Kier alpha value is -2.54. The van der Waals surface area contributed by atoms with Crippen molar-refractivity contribution in [2.45, 2.75) is 13.2 Å². The molecule has 1 aliphatic rings. The van der Waals surface area contributed by atoms with Gasteiger partial charge in [-0.1, -0.05) is 11.2 Å². The summed E-state index contributed by atoms with van der Waals surface area (Å²) in [7, 11) is 1.51. The SMILES string of the molecule is COCc1cc(CN2C(=O)C(=O)c3cccc(F)c32)no1. The zero-order chi connectivity index (χ0) is 15.0. The summed E-state index contributed by atoms with van der Waals surface area (Å²) in [6, 6.07) is 5.63. The van der Waals surface area contributed by atoms with E-state index in [9.17, 15) is 14.0 Å². The topological polar surface area (TPSA) is 72.6 Å². The molecule has 0 N–H and O–H groups in total. The summed E-state index contributed by atoms with van der Waals surface area (Å²) < 4.78 is 23.8. The van der Waals surface area contributed by atoms with Gasteiger partial charge in [0.05, 0.1) is 17.8 Å². The Balaban J connectivity index is 1.92. The number of ketones is 1. The molecule has 6 nitrogen and oxygen atoms in total. The smallest absolute Gasteiger partial charge is 0.299 e. The molecule has 0 atom stereocenters. The van der Waals surface area contributed by atoms with Crippen LogP contribution < -0.4 is 4.90 Å². The molecule has 0 unspecified atom stereocenters. The van der Waals surface area contributed by atoms with E-state index in [4.69, 9.17) is 9.26 Å². The number of aromatic nitrogens is 1. The van der Waals surface area contributed by atoms with Gasteiger partial charge in [-0.05, 0) is 12.1 Å². The minimum atomic E-state index is -0.772. The average Bonchev–Trinajstić information content (AvgIpc) is 3.00. The van der Waals surface area contributed by atoms with E-state index in [0.29, 0.717) is 11.5 Å². The number of carbonyl (C=O) groups is 2. The van der Waals surface area contributed by atoms with Crippen LogP contribution in [0.15, 0.2) is 28.8 Å². The molecule has 21 heavy (non-hydrogen) atoms. The van der Waals surface area contributed by atoms with Crippen LogP contribution in [-0.2, 0) is 22.7 Å². The maximum atomic E-state index is 13.9. The molecular weight excluding hydrogens is 279 g/mol. The van der Waals surface area contributed by atoms with E-state index in [2.05, 4.69) is 5.16 Å². The van der Waals surface area contributed by atoms with Gasteiger partial charge >= 0.3 is 0 Å². The number of rotatable bonds is 4. The van der Waals surface area contributed by atoms with E-state index >= 15 is 0 Å². The first-order valence-corrected chi connectivity index (χ1v) is 6.20. The van der Waals surface area contributed by atoms with Gasteiger partial charge in [0, 0.05) is 13.2 Å². The Bertz CT molecular complexity index is 726. The van der Waals surface area contributed by atoms with E-state index < -0.39 is 17.5 Å². The molecule has 0 radical (unpaired) electrons. The summed E-state index contributed by atoms with van der Waals surface area (Å²) in [4.78, 5) is 24.9. The molecule has 0 spiro atoms. The lowest BCUT2D eigenvalue weighted by molar-refractivity contribution is -0.114. The van der Waals surface area contributed by atoms with Gasteiger partial charge in [-0.25, -0.2) is 4.39 Å². The van der Waals surface area contributed by atoms with Crippen LogP contribution in [0.2, 0.25) is 0 Å². The zero-order valence-electron chi connectivity index (χ0n) is 11.1. The van der Waals surface area contributed by atoms with E-state index in [0.717, 1.165) is 4.90 Å². The van der Waals surface area contributed by atoms with Crippen molar-refractivity contribution in [2.75, 3.05) is 12.0 Å². The molecule has 3 rings (SSSR count). The number of Topliss-reactive ketones (excluding diaryl/α,β-unsaturated/α-hetero) is 1. The van der Waals surface area contributed by atoms with Crippen molar-refractivity contribution in [1.82, 2.24) is 5.16 Å². The minimum absolute atomic E-state index is 0.0104. The normalized spacial score (nSPS) is 13.9. The van der Waals surface area contributed by atoms with Gasteiger partial charge in [-0.15, -0.1) is 0 Å². The number of anilines is 1. The van der Waals surface area contributed by atoms with Crippen LogP contribution in [0.25, 0.3) is 0 Å². The Morgan fingerprint density at radius 2 is 2.19 bits per heavy atom. The molecule has 108 valence electrons. The van der Waals surface area contributed by atoms with Crippen molar-refractivity contribution in [1.29, 1.82) is 0 Å². The fourth-order valence-corrected chi connectivity index (χ4v) is 2.27. The lowest BCUT2D eigenvalue weighted by Gasteiger charge is -2.14. The van der Waals surface area contributed by atoms with E-state index in [1.54, 1.807) is 6.07 Å². The Labute approximate surface area is 119 Å². The number of benzene rings is 1. The van der Waals surface area contributed by atoms with Gasteiger partial charge in [0.2, 0.25) is 0 Å². The minimum Gasteiger partial charge on any atom is -0.377 e. The van der Waals surface area contributed by atoms with Crippen molar-refractivity contribution in [3.05, 3.63) is 47.1 Å². The molecule has 0 saturated carbocycles. The second kappa shape index (κ2) is 5.10. The standard InChI is InChI=1S/C14H11FN2O4/c1-20-7-9-5-8(16-21-9)6-17-12-10(13(18)14(17)19)3-2-4-11(12)15/h2-5H,6-7H2,1H3. The fraction of sp³-hybridized carbons (Fsp3) is 0.214. The van der Waals surface area contributed by atoms with E-state index in [1.165, 1.54) is 25.3 Å². The number of carbonyl (C=O) groups excluding carboxylic acids is 2. The molecule has 1 aliphatic heterocycles. The number of ether oxygens (including phenoxy) is 1. The number of hydrogen-bond donors (Lipinski definition) is 0. The third kappa shape index (κ3) is 2.21. The first kappa shape index (κ1) is 13.4. The van der Waals surface area contributed by atoms with Crippen LogP contribution in [0.4, 0.5) is 10.1 Å². The summed E-state index contributed by atoms with van der Waals surface area (Å²) in [5.74, 6) is -1.62. The van der Waals surface area contributed by atoms with Crippen LogP contribution in [0.5, 0.6) is 0 Å². The Morgan fingerprint density at radius 3 is 2.95 bits per heavy atom. The molecule has 2 aromatic rings. The number of halogens is 1. The van der Waals surface area contributed by atoms with Gasteiger partial charge in [-0.2, -0.15) is 0 Å². The van der Waals surface area contributed by atoms with Crippen LogP contribution in [0.3, 0.4) is 0 Å². The van der Waals surface area contributed by atoms with Crippen LogP contribution in [-0.4, -0.2) is 24.0 Å². The molecular formula is C14H11FN2O4. The lowest BCUT2D eigenvalue weighted by Crippen LogP contribution is -2.29. The molecule has 0 saturated heterocycles. The summed E-state index contributed by atoms with van der Waals surface area (Å²) in [5, 5.41) is 3.78. The van der Waals surface area contributed by atoms with Crippen molar-refractivity contribution < 1.29 is 23.2 Å². The highest BCUT2D eigenvalue weighted by molar-refractivity contribution is 6.52. The second-order valence-electron chi connectivity index (χ2n) is 4.57. The molecule has 1 amide bonds. The number of para-hydroxylation sites is 1. The van der Waals surface area contributed by atoms with Crippen LogP contribution in [0, 0.1) is 5.82 Å². The van der Waals surface area contributed by atoms with Crippen LogP contribution >= 0.6 is 0 Å². The second-order valence-corrected chi connectivity index (χ2v) is 4.57. The first-order valence-electron chi connectivity index (χ1n) is 6.20. The predicted molar refractivity (Wildman–Crippen MR) is 69.1 cm³/mol. The van der Waals surface area contributed by atoms with Gasteiger partial charge in [0.1, 0.15) is 18.1 Å². The monoisotopic (exact) mass is 290 g/mol.